The molecule has 0 saturated carbocycles. The Morgan fingerprint density at radius 2 is 2.00 bits per heavy atom. The third-order valence-corrected chi connectivity index (χ3v) is 1.52. The smallest absolute Gasteiger partial charge is 0.246 e. The first-order valence-electron chi connectivity index (χ1n) is 3.53. The Balaban J connectivity index is 4.26. The van der Waals surface area contributed by atoms with Crippen molar-refractivity contribution in [1.29, 1.82) is 0 Å². The molecule has 1 unspecified atom stereocenters. The molecule has 0 aliphatic heterocycles. The van der Waals surface area contributed by atoms with Gasteiger partial charge in [0.25, 0.3) is 0 Å². The first kappa shape index (κ1) is 10.9. The summed E-state index contributed by atoms with van der Waals surface area (Å²) in [6, 6.07) is 0. The van der Waals surface area contributed by atoms with E-state index in [-0.39, 0.29) is 24.3 Å². The van der Waals surface area contributed by atoms with E-state index in [1.54, 1.807) is 0 Å². The molecule has 0 fully saturated rings. The van der Waals surface area contributed by atoms with Crippen molar-refractivity contribution in [3.05, 3.63) is 11.3 Å². The molecular weight excluding hydrogens is 160 g/mol. The fourth-order valence-electron chi connectivity index (χ4n) is 0.630. The highest BCUT2D eigenvalue weighted by Gasteiger charge is 2.08. The summed E-state index contributed by atoms with van der Waals surface area (Å²) >= 11 is 0. The monoisotopic (exact) mass is 174 g/mol. The lowest BCUT2D eigenvalue weighted by Gasteiger charge is -2.08. The van der Waals surface area contributed by atoms with Crippen LogP contribution in [0.5, 0.6) is 0 Å². The molecule has 0 spiro atoms. The van der Waals surface area contributed by atoms with E-state index in [4.69, 9.17) is 21.7 Å². The van der Waals surface area contributed by atoms with Gasteiger partial charge in [0.15, 0.2) is 0 Å². The quantitative estimate of drug-likeness (QED) is 0.387. The lowest BCUT2D eigenvalue weighted by Crippen LogP contribution is -2.21. The average molecular weight is 174 g/mol. The molecule has 70 valence electrons. The standard InChI is InChI=1S/C7H14N2O3/c1-4(7(9)12)6(8)2-5(11)3-10/h5,10-11H,2-3,8H2,1H3,(H2,9,12). The molecule has 0 aromatic heterocycles. The van der Waals surface area contributed by atoms with Crippen molar-refractivity contribution < 1.29 is 15.0 Å². The third kappa shape index (κ3) is 3.36. The SMILES string of the molecule is CC(C(N)=O)=C(N)CC(O)CO. The molecule has 1 amide bonds. The van der Waals surface area contributed by atoms with Crippen LogP contribution in [0.15, 0.2) is 11.3 Å². The summed E-state index contributed by atoms with van der Waals surface area (Å²) in [6.45, 7) is 1.09. The average Bonchev–Trinajstić information content (AvgIpc) is 2.02. The van der Waals surface area contributed by atoms with Crippen molar-refractivity contribution in [2.45, 2.75) is 19.4 Å². The minimum atomic E-state index is -0.931. The minimum absolute atomic E-state index is 0.0608. The van der Waals surface area contributed by atoms with Crippen molar-refractivity contribution in [3.63, 3.8) is 0 Å². The van der Waals surface area contributed by atoms with E-state index < -0.39 is 12.0 Å². The number of aliphatic hydroxyl groups is 2. The summed E-state index contributed by atoms with van der Waals surface area (Å²) < 4.78 is 0. The largest absolute Gasteiger partial charge is 0.402 e. The first-order valence-corrected chi connectivity index (χ1v) is 3.53. The number of primary amides is 1. The van der Waals surface area contributed by atoms with Gasteiger partial charge in [-0.1, -0.05) is 0 Å². The Kier molecular flexibility index (Phi) is 4.31. The Bertz CT molecular complexity index is 201. The molecule has 5 heteroatoms. The van der Waals surface area contributed by atoms with Crippen LogP contribution in [0.3, 0.4) is 0 Å². The highest BCUT2D eigenvalue weighted by molar-refractivity contribution is 5.91. The van der Waals surface area contributed by atoms with Crippen LogP contribution in [0.1, 0.15) is 13.3 Å². The summed E-state index contributed by atoms with van der Waals surface area (Å²) in [4.78, 5) is 10.6. The van der Waals surface area contributed by atoms with Gasteiger partial charge in [-0.2, -0.15) is 0 Å². The van der Waals surface area contributed by atoms with Gasteiger partial charge in [-0.05, 0) is 6.92 Å². The van der Waals surface area contributed by atoms with Gasteiger partial charge < -0.3 is 21.7 Å². The molecule has 0 aliphatic rings. The lowest BCUT2D eigenvalue weighted by atomic mass is 10.1. The second-order valence-electron chi connectivity index (χ2n) is 2.56. The predicted molar refractivity (Wildman–Crippen MR) is 43.8 cm³/mol. The molecule has 0 rings (SSSR count). The number of amides is 1. The summed E-state index contributed by atoms with van der Waals surface area (Å²) in [7, 11) is 0. The molecule has 12 heavy (non-hydrogen) atoms. The molecule has 0 aromatic rings. The second kappa shape index (κ2) is 4.74. The third-order valence-electron chi connectivity index (χ3n) is 1.52. The molecule has 1 atom stereocenters. The maximum Gasteiger partial charge on any atom is 0.246 e. The van der Waals surface area contributed by atoms with Gasteiger partial charge >= 0.3 is 0 Å². The zero-order valence-electron chi connectivity index (χ0n) is 6.95. The number of rotatable bonds is 4. The van der Waals surface area contributed by atoms with Crippen molar-refractivity contribution in [3.8, 4) is 0 Å². The van der Waals surface area contributed by atoms with E-state index in [2.05, 4.69) is 0 Å². The molecule has 0 heterocycles. The maximum absolute atomic E-state index is 10.6. The summed E-state index contributed by atoms with van der Waals surface area (Å²) in [6.07, 6.45) is -0.870. The van der Waals surface area contributed by atoms with E-state index in [9.17, 15) is 4.79 Å². The highest BCUT2D eigenvalue weighted by Crippen LogP contribution is 2.04. The van der Waals surface area contributed by atoms with Gasteiger partial charge in [0.2, 0.25) is 5.91 Å². The zero-order valence-corrected chi connectivity index (χ0v) is 6.95. The molecule has 0 saturated heterocycles. The van der Waals surface area contributed by atoms with Crippen LogP contribution in [0, 0.1) is 0 Å². The van der Waals surface area contributed by atoms with Crippen molar-refractivity contribution in [2.24, 2.45) is 11.5 Å². The van der Waals surface area contributed by atoms with E-state index in [1.165, 1.54) is 6.92 Å². The lowest BCUT2D eigenvalue weighted by molar-refractivity contribution is -0.114. The predicted octanol–water partition coefficient (Wildman–Crippen LogP) is -1.55. The van der Waals surface area contributed by atoms with Crippen molar-refractivity contribution in [2.75, 3.05) is 6.61 Å². The van der Waals surface area contributed by atoms with Crippen LogP contribution in [0.2, 0.25) is 0 Å². The Morgan fingerprint density at radius 1 is 1.50 bits per heavy atom. The number of aliphatic hydroxyl groups excluding tert-OH is 2. The number of nitrogens with two attached hydrogens (primary N) is 2. The fourth-order valence-corrected chi connectivity index (χ4v) is 0.630. The normalized spacial score (nSPS) is 15.2. The van der Waals surface area contributed by atoms with Gasteiger partial charge in [-0.15, -0.1) is 0 Å². The number of carbonyl (C=O) groups is 1. The number of hydrogen-bond acceptors (Lipinski definition) is 4. The Morgan fingerprint density at radius 3 is 2.33 bits per heavy atom. The van der Waals surface area contributed by atoms with Crippen LogP contribution in [-0.2, 0) is 4.79 Å². The van der Waals surface area contributed by atoms with Gasteiger partial charge in [0.05, 0.1) is 12.7 Å². The summed E-state index contributed by atoms with van der Waals surface area (Å²) in [5.74, 6) is -0.613. The second-order valence-corrected chi connectivity index (χ2v) is 2.56. The molecule has 0 aromatic carbocycles. The summed E-state index contributed by atoms with van der Waals surface area (Å²) in [5.41, 5.74) is 10.8. The Hall–Kier alpha value is -1.07. The van der Waals surface area contributed by atoms with Crippen LogP contribution in [0.4, 0.5) is 0 Å². The molecule has 0 radical (unpaired) electrons. The van der Waals surface area contributed by atoms with Gasteiger partial charge in [0.1, 0.15) is 0 Å². The van der Waals surface area contributed by atoms with Crippen molar-refractivity contribution >= 4 is 5.91 Å². The van der Waals surface area contributed by atoms with E-state index >= 15 is 0 Å². The van der Waals surface area contributed by atoms with Gasteiger partial charge in [-0.3, -0.25) is 4.79 Å². The molecule has 6 N–H and O–H groups in total. The molecular formula is C7H14N2O3. The highest BCUT2D eigenvalue weighted by atomic mass is 16.3. The van der Waals surface area contributed by atoms with E-state index in [0.29, 0.717) is 0 Å². The topological polar surface area (TPSA) is 110 Å². The van der Waals surface area contributed by atoms with Crippen LogP contribution in [-0.4, -0.2) is 28.8 Å². The van der Waals surface area contributed by atoms with E-state index in [0.717, 1.165) is 0 Å². The number of carbonyl (C=O) groups excluding carboxylic acids is 1. The first-order chi connectivity index (χ1) is 5.49. The maximum atomic E-state index is 10.6. The fraction of sp³-hybridized carbons (Fsp3) is 0.571. The molecule has 5 nitrogen and oxygen atoms in total. The Labute approximate surface area is 70.7 Å². The van der Waals surface area contributed by atoms with Crippen LogP contribution >= 0.6 is 0 Å². The number of hydrogen-bond donors (Lipinski definition) is 4. The molecule has 0 aliphatic carbocycles. The van der Waals surface area contributed by atoms with Gasteiger partial charge in [0, 0.05) is 17.7 Å². The van der Waals surface area contributed by atoms with Crippen LogP contribution in [0.25, 0.3) is 0 Å². The van der Waals surface area contributed by atoms with Crippen molar-refractivity contribution in [1.82, 2.24) is 0 Å². The van der Waals surface area contributed by atoms with Gasteiger partial charge in [-0.25, -0.2) is 0 Å². The summed E-state index contributed by atoms with van der Waals surface area (Å²) in [5, 5.41) is 17.4. The minimum Gasteiger partial charge on any atom is -0.402 e. The van der Waals surface area contributed by atoms with Crippen LogP contribution < -0.4 is 11.5 Å². The zero-order chi connectivity index (χ0) is 9.72. The molecule has 0 bridgehead atoms. The van der Waals surface area contributed by atoms with E-state index in [1.807, 2.05) is 0 Å².